The Kier molecular flexibility index (Phi) is 4.78. The molecule has 1 aliphatic rings. The topological polar surface area (TPSA) is 38.1 Å². The predicted molar refractivity (Wildman–Crippen MR) is 86.9 cm³/mol. The molecule has 0 unspecified atom stereocenters. The highest BCUT2D eigenvalue weighted by atomic mass is 35.5. The van der Waals surface area contributed by atoms with Crippen molar-refractivity contribution in [1.82, 2.24) is 14.7 Å². The molecule has 5 heteroatoms. The van der Waals surface area contributed by atoms with Crippen LogP contribution in [-0.4, -0.2) is 33.7 Å². The van der Waals surface area contributed by atoms with Crippen molar-refractivity contribution in [3.8, 4) is 0 Å². The van der Waals surface area contributed by atoms with E-state index in [4.69, 9.17) is 11.6 Å². The fourth-order valence-electron chi connectivity index (χ4n) is 3.01. The van der Waals surface area contributed by atoms with E-state index in [0.29, 0.717) is 12.5 Å². The Hall–Kier alpha value is -1.81. The summed E-state index contributed by atoms with van der Waals surface area (Å²) in [5.74, 6) is 0.533. The molecule has 0 radical (unpaired) electrons. The second kappa shape index (κ2) is 6.97. The van der Waals surface area contributed by atoms with Gasteiger partial charge in [-0.15, -0.1) is 0 Å². The van der Waals surface area contributed by atoms with Crippen molar-refractivity contribution in [2.45, 2.75) is 31.7 Å². The van der Waals surface area contributed by atoms with Crippen molar-refractivity contribution in [3.05, 3.63) is 53.3 Å². The Balaban J connectivity index is 1.69. The fraction of sp³-hybridized carbons (Fsp3) is 0.412. The standard InChI is InChI=1S/C17H20ClN3O/c18-16-7-5-14(6-8-16)15-4-1-2-10-20(12-15)17(22)13-21-11-3-9-19-21/h3,5-9,11,15H,1-2,4,10,12-13H2/t15-/m0/s1. The van der Waals surface area contributed by atoms with E-state index < -0.39 is 0 Å². The number of carbonyl (C=O) groups excluding carboxylic acids is 1. The zero-order valence-electron chi connectivity index (χ0n) is 12.5. The van der Waals surface area contributed by atoms with Crippen molar-refractivity contribution in [1.29, 1.82) is 0 Å². The smallest absolute Gasteiger partial charge is 0.244 e. The van der Waals surface area contributed by atoms with Crippen molar-refractivity contribution in [2.24, 2.45) is 0 Å². The number of rotatable bonds is 3. The molecule has 1 fully saturated rings. The van der Waals surface area contributed by atoms with E-state index in [0.717, 1.165) is 37.4 Å². The normalized spacial score (nSPS) is 19.0. The highest BCUT2D eigenvalue weighted by Gasteiger charge is 2.23. The van der Waals surface area contributed by atoms with Gasteiger partial charge in [0.1, 0.15) is 6.54 Å². The number of likely N-dealkylation sites (tertiary alicyclic amines) is 1. The molecule has 1 atom stereocenters. The van der Waals surface area contributed by atoms with Crippen LogP contribution in [0, 0.1) is 0 Å². The number of hydrogen-bond donors (Lipinski definition) is 0. The highest BCUT2D eigenvalue weighted by Crippen LogP contribution is 2.27. The minimum absolute atomic E-state index is 0.143. The molecule has 116 valence electrons. The molecule has 0 N–H and O–H groups in total. The molecule has 4 nitrogen and oxygen atoms in total. The number of amides is 1. The summed E-state index contributed by atoms with van der Waals surface area (Å²) in [7, 11) is 0. The van der Waals surface area contributed by atoms with Crippen LogP contribution >= 0.6 is 11.6 Å². The van der Waals surface area contributed by atoms with Gasteiger partial charge in [0, 0.05) is 36.4 Å². The molecular weight excluding hydrogens is 298 g/mol. The van der Waals surface area contributed by atoms with Gasteiger partial charge in [0.15, 0.2) is 0 Å². The Bertz CT molecular complexity index is 609. The molecule has 2 aromatic rings. The van der Waals surface area contributed by atoms with Crippen LogP contribution in [0.3, 0.4) is 0 Å². The third kappa shape index (κ3) is 3.69. The first-order valence-corrected chi connectivity index (χ1v) is 8.11. The summed E-state index contributed by atoms with van der Waals surface area (Å²) in [6.45, 7) is 1.94. The molecule has 1 aromatic carbocycles. The quantitative estimate of drug-likeness (QED) is 0.871. The van der Waals surface area contributed by atoms with E-state index >= 15 is 0 Å². The van der Waals surface area contributed by atoms with Crippen LogP contribution in [0.5, 0.6) is 0 Å². The van der Waals surface area contributed by atoms with E-state index in [1.54, 1.807) is 10.9 Å². The minimum atomic E-state index is 0.143. The first-order valence-electron chi connectivity index (χ1n) is 7.73. The molecule has 22 heavy (non-hydrogen) atoms. The molecular formula is C17H20ClN3O. The van der Waals surface area contributed by atoms with Gasteiger partial charge in [-0.2, -0.15) is 5.10 Å². The molecule has 1 aliphatic heterocycles. The molecule has 1 amide bonds. The molecule has 1 saturated heterocycles. The molecule has 2 heterocycles. The van der Waals surface area contributed by atoms with Gasteiger partial charge in [0.2, 0.25) is 5.91 Å². The number of nitrogens with zero attached hydrogens (tertiary/aromatic N) is 3. The van der Waals surface area contributed by atoms with Gasteiger partial charge in [0.05, 0.1) is 0 Å². The van der Waals surface area contributed by atoms with Gasteiger partial charge >= 0.3 is 0 Å². The second-order valence-corrected chi connectivity index (χ2v) is 6.22. The van der Waals surface area contributed by atoms with Crippen LogP contribution in [0.2, 0.25) is 5.02 Å². The van der Waals surface area contributed by atoms with E-state index in [1.807, 2.05) is 29.3 Å². The first kappa shape index (κ1) is 15.1. The van der Waals surface area contributed by atoms with Crippen LogP contribution in [0.4, 0.5) is 0 Å². The summed E-state index contributed by atoms with van der Waals surface area (Å²) in [4.78, 5) is 14.5. The molecule has 3 rings (SSSR count). The Labute approximate surface area is 135 Å². The summed E-state index contributed by atoms with van der Waals surface area (Å²) in [6, 6.07) is 9.85. The summed E-state index contributed by atoms with van der Waals surface area (Å²) < 4.78 is 1.69. The Morgan fingerprint density at radius 1 is 1.27 bits per heavy atom. The summed E-state index contributed by atoms with van der Waals surface area (Å²) >= 11 is 5.97. The monoisotopic (exact) mass is 317 g/mol. The van der Waals surface area contributed by atoms with Gasteiger partial charge in [0.25, 0.3) is 0 Å². The Morgan fingerprint density at radius 2 is 2.09 bits per heavy atom. The average molecular weight is 318 g/mol. The van der Waals surface area contributed by atoms with E-state index in [2.05, 4.69) is 17.2 Å². The lowest BCUT2D eigenvalue weighted by molar-refractivity contribution is -0.132. The van der Waals surface area contributed by atoms with Gasteiger partial charge in [-0.3, -0.25) is 9.48 Å². The van der Waals surface area contributed by atoms with Crippen LogP contribution in [0.25, 0.3) is 0 Å². The summed E-state index contributed by atoms with van der Waals surface area (Å²) in [5.41, 5.74) is 1.27. The molecule has 0 saturated carbocycles. The molecule has 1 aromatic heterocycles. The van der Waals surface area contributed by atoms with Crippen LogP contribution < -0.4 is 0 Å². The van der Waals surface area contributed by atoms with Crippen LogP contribution in [0.1, 0.15) is 30.7 Å². The fourth-order valence-corrected chi connectivity index (χ4v) is 3.13. The largest absolute Gasteiger partial charge is 0.340 e. The van der Waals surface area contributed by atoms with Crippen LogP contribution in [-0.2, 0) is 11.3 Å². The lowest BCUT2D eigenvalue weighted by atomic mass is 9.94. The zero-order chi connectivity index (χ0) is 15.4. The minimum Gasteiger partial charge on any atom is -0.340 e. The van der Waals surface area contributed by atoms with E-state index in [-0.39, 0.29) is 5.91 Å². The van der Waals surface area contributed by atoms with Crippen molar-refractivity contribution < 1.29 is 4.79 Å². The average Bonchev–Trinajstić information content (AvgIpc) is 2.90. The molecule has 0 aliphatic carbocycles. The first-order chi connectivity index (χ1) is 10.7. The summed E-state index contributed by atoms with van der Waals surface area (Å²) in [6.07, 6.45) is 6.86. The zero-order valence-corrected chi connectivity index (χ0v) is 13.2. The van der Waals surface area contributed by atoms with Gasteiger partial charge in [-0.05, 0) is 36.6 Å². The van der Waals surface area contributed by atoms with Crippen LogP contribution in [0.15, 0.2) is 42.7 Å². The molecule has 0 bridgehead atoms. The number of halogens is 1. The van der Waals surface area contributed by atoms with E-state index in [9.17, 15) is 4.79 Å². The Morgan fingerprint density at radius 3 is 2.82 bits per heavy atom. The maximum atomic E-state index is 12.5. The third-order valence-electron chi connectivity index (χ3n) is 4.22. The van der Waals surface area contributed by atoms with Gasteiger partial charge in [-0.25, -0.2) is 0 Å². The van der Waals surface area contributed by atoms with E-state index in [1.165, 1.54) is 5.56 Å². The van der Waals surface area contributed by atoms with Crippen molar-refractivity contribution >= 4 is 17.5 Å². The second-order valence-electron chi connectivity index (χ2n) is 5.79. The maximum absolute atomic E-state index is 12.5. The third-order valence-corrected chi connectivity index (χ3v) is 4.47. The van der Waals surface area contributed by atoms with Crippen molar-refractivity contribution in [2.75, 3.05) is 13.1 Å². The lowest BCUT2D eigenvalue weighted by Crippen LogP contribution is -2.36. The van der Waals surface area contributed by atoms with Gasteiger partial charge < -0.3 is 4.90 Å². The maximum Gasteiger partial charge on any atom is 0.244 e. The molecule has 0 spiro atoms. The van der Waals surface area contributed by atoms with Gasteiger partial charge in [-0.1, -0.05) is 30.2 Å². The predicted octanol–water partition coefficient (Wildman–Crippen LogP) is 3.33. The lowest BCUT2D eigenvalue weighted by Gasteiger charge is -2.25. The SMILES string of the molecule is O=C(Cn1cccn1)N1CCCC[C@H](c2ccc(Cl)cc2)C1. The number of benzene rings is 1. The van der Waals surface area contributed by atoms with Crippen molar-refractivity contribution in [3.63, 3.8) is 0 Å². The number of carbonyl (C=O) groups is 1. The highest BCUT2D eigenvalue weighted by molar-refractivity contribution is 6.30. The number of hydrogen-bond acceptors (Lipinski definition) is 2. The summed E-state index contributed by atoms with van der Waals surface area (Å²) in [5, 5.41) is 4.87. The number of aromatic nitrogens is 2.